The molecule has 1 fully saturated rings. The first-order chi connectivity index (χ1) is 7.39. The van der Waals surface area contributed by atoms with Gasteiger partial charge in [-0.1, -0.05) is 12.2 Å². The summed E-state index contributed by atoms with van der Waals surface area (Å²) in [6, 6.07) is 0. The van der Waals surface area contributed by atoms with E-state index in [1.165, 1.54) is 11.2 Å². The van der Waals surface area contributed by atoms with Gasteiger partial charge in [-0.05, 0) is 19.8 Å². The summed E-state index contributed by atoms with van der Waals surface area (Å²) >= 11 is 4.73. The molecule has 0 aliphatic carbocycles. The number of piperidine rings is 1. The van der Waals surface area contributed by atoms with Gasteiger partial charge in [0.15, 0.2) is 0 Å². The predicted molar refractivity (Wildman–Crippen MR) is 66.8 cm³/mol. The number of nitrogens with zero attached hydrogens (tertiary/aromatic N) is 1. The molecule has 0 aromatic rings. The Kier molecular flexibility index (Phi) is 4.66. The van der Waals surface area contributed by atoms with Gasteiger partial charge < -0.3 is 10.5 Å². The highest BCUT2D eigenvalue weighted by Crippen LogP contribution is 2.18. The van der Waals surface area contributed by atoms with Crippen LogP contribution in [0.4, 0.5) is 0 Å². The fourth-order valence-electron chi connectivity index (χ4n) is 1.69. The lowest BCUT2D eigenvalue weighted by molar-refractivity contribution is 0.0604. The second-order valence-electron chi connectivity index (χ2n) is 3.92. The number of rotatable bonds is 4. The lowest BCUT2D eigenvalue weighted by Crippen LogP contribution is -2.47. The van der Waals surface area contributed by atoms with E-state index in [1.54, 1.807) is 7.11 Å². The zero-order chi connectivity index (χ0) is 12.3. The zero-order valence-corrected chi connectivity index (χ0v) is 11.2. The topological polar surface area (TPSA) is 72.6 Å². The molecule has 1 atom stereocenters. The lowest BCUT2D eigenvalue weighted by atomic mass is 10.1. The van der Waals surface area contributed by atoms with Gasteiger partial charge in [0.25, 0.3) is 0 Å². The van der Waals surface area contributed by atoms with E-state index in [2.05, 4.69) is 0 Å². The molecule has 7 heteroatoms. The third-order valence-corrected chi connectivity index (χ3v) is 5.68. The Morgan fingerprint density at radius 3 is 2.38 bits per heavy atom. The Labute approximate surface area is 102 Å². The highest BCUT2D eigenvalue weighted by molar-refractivity contribution is 7.92. The lowest BCUT2D eigenvalue weighted by Gasteiger charge is -2.32. The molecule has 5 nitrogen and oxygen atoms in total. The van der Waals surface area contributed by atoms with Gasteiger partial charge in [0, 0.05) is 20.2 Å². The number of sulfonamides is 1. The zero-order valence-electron chi connectivity index (χ0n) is 9.55. The van der Waals surface area contributed by atoms with Crippen molar-refractivity contribution in [2.24, 2.45) is 5.73 Å². The van der Waals surface area contributed by atoms with Crippen molar-refractivity contribution < 1.29 is 13.2 Å². The Hall–Kier alpha value is -0.240. The molecule has 0 aromatic heterocycles. The predicted octanol–water partition coefficient (Wildman–Crippen LogP) is 0.102. The fraction of sp³-hybridized carbons (Fsp3) is 0.889. The summed E-state index contributed by atoms with van der Waals surface area (Å²) in [5.74, 6) is 0. The van der Waals surface area contributed by atoms with Gasteiger partial charge in [-0.15, -0.1) is 0 Å². The van der Waals surface area contributed by atoms with Crippen LogP contribution in [-0.2, 0) is 14.8 Å². The van der Waals surface area contributed by atoms with Crippen LogP contribution in [0.25, 0.3) is 0 Å². The molecule has 0 amide bonds. The van der Waals surface area contributed by atoms with Crippen LogP contribution < -0.4 is 5.73 Å². The van der Waals surface area contributed by atoms with Crippen molar-refractivity contribution in [3.8, 4) is 0 Å². The number of hydrogen-bond acceptors (Lipinski definition) is 4. The third-order valence-electron chi connectivity index (χ3n) is 2.94. The molecule has 1 aliphatic rings. The average Bonchev–Trinajstić information content (AvgIpc) is 2.28. The van der Waals surface area contributed by atoms with Crippen LogP contribution in [0, 0.1) is 0 Å². The molecule has 2 N–H and O–H groups in total. The maximum absolute atomic E-state index is 12.0. The van der Waals surface area contributed by atoms with Crippen molar-refractivity contribution in [1.82, 2.24) is 4.31 Å². The van der Waals surface area contributed by atoms with E-state index in [4.69, 9.17) is 22.7 Å². The van der Waals surface area contributed by atoms with E-state index < -0.39 is 15.3 Å². The van der Waals surface area contributed by atoms with Crippen LogP contribution in [-0.4, -0.2) is 49.3 Å². The maximum atomic E-state index is 12.0. The van der Waals surface area contributed by atoms with Gasteiger partial charge in [0.05, 0.1) is 11.1 Å². The van der Waals surface area contributed by atoms with Crippen LogP contribution >= 0.6 is 12.2 Å². The number of ether oxygens (including phenoxy) is 1. The van der Waals surface area contributed by atoms with E-state index in [-0.39, 0.29) is 11.1 Å². The first kappa shape index (κ1) is 13.8. The van der Waals surface area contributed by atoms with E-state index >= 15 is 0 Å². The summed E-state index contributed by atoms with van der Waals surface area (Å²) in [4.78, 5) is 0.0221. The molecule has 1 rings (SSSR count). The van der Waals surface area contributed by atoms with Gasteiger partial charge in [-0.2, -0.15) is 0 Å². The van der Waals surface area contributed by atoms with Crippen LogP contribution in [0.3, 0.4) is 0 Å². The largest absolute Gasteiger partial charge is 0.392 e. The normalized spacial score (nSPS) is 21.9. The number of methoxy groups -OCH3 is 1. The minimum absolute atomic E-state index is 0.0221. The second-order valence-corrected chi connectivity index (χ2v) is 6.65. The first-order valence-corrected chi connectivity index (χ1v) is 7.11. The molecule has 1 aliphatic heterocycles. The quantitative estimate of drug-likeness (QED) is 0.731. The second kappa shape index (κ2) is 5.39. The SMILES string of the molecule is COC1CCN(S(=O)(=O)C(C)C(N)=S)CC1. The van der Waals surface area contributed by atoms with Gasteiger partial charge in [-0.25, -0.2) is 12.7 Å². The first-order valence-electron chi connectivity index (χ1n) is 5.20. The molecule has 1 heterocycles. The molecular formula is C9H18N2O3S2. The smallest absolute Gasteiger partial charge is 0.223 e. The summed E-state index contributed by atoms with van der Waals surface area (Å²) in [5.41, 5.74) is 5.38. The standard InChI is InChI=1S/C9H18N2O3S2/c1-7(9(10)15)16(12,13)11-5-3-8(14-2)4-6-11/h7-8H,3-6H2,1-2H3,(H2,10,15). The summed E-state index contributed by atoms with van der Waals surface area (Å²) in [7, 11) is -1.74. The Morgan fingerprint density at radius 2 is 2.00 bits per heavy atom. The summed E-state index contributed by atoms with van der Waals surface area (Å²) in [5, 5.41) is -0.790. The van der Waals surface area contributed by atoms with Crippen molar-refractivity contribution in [3.63, 3.8) is 0 Å². The molecule has 94 valence electrons. The van der Waals surface area contributed by atoms with Crippen LogP contribution in [0.2, 0.25) is 0 Å². The summed E-state index contributed by atoms with van der Waals surface area (Å²) in [6.45, 7) is 2.49. The van der Waals surface area contributed by atoms with Crippen molar-refractivity contribution in [3.05, 3.63) is 0 Å². The van der Waals surface area contributed by atoms with Crippen molar-refractivity contribution in [2.75, 3.05) is 20.2 Å². The Morgan fingerprint density at radius 1 is 1.50 bits per heavy atom. The van der Waals surface area contributed by atoms with Gasteiger partial charge >= 0.3 is 0 Å². The van der Waals surface area contributed by atoms with Gasteiger partial charge in [0.2, 0.25) is 10.0 Å². The minimum atomic E-state index is -3.38. The van der Waals surface area contributed by atoms with Gasteiger partial charge in [-0.3, -0.25) is 0 Å². The minimum Gasteiger partial charge on any atom is -0.392 e. The van der Waals surface area contributed by atoms with E-state index in [0.717, 1.165) is 12.8 Å². The summed E-state index contributed by atoms with van der Waals surface area (Å²) < 4.78 is 30.7. The van der Waals surface area contributed by atoms with Gasteiger partial charge in [0.1, 0.15) is 5.25 Å². The van der Waals surface area contributed by atoms with Crippen LogP contribution in [0.15, 0.2) is 0 Å². The molecular weight excluding hydrogens is 248 g/mol. The van der Waals surface area contributed by atoms with Crippen LogP contribution in [0.5, 0.6) is 0 Å². The molecule has 1 saturated heterocycles. The van der Waals surface area contributed by atoms with Crippen LogP contribution in [0.1, 0.15) is 19.8 Å². The average molecular weight is 266 g/mol. The Balaban J connectivity index is 2.69. The molecule has 0 aromatic carbocycles. The highest BCUT2D eigenvalue weighted by atomic mass is 32.2. The molecule has 0 bridgehead atoms. The van der Waals surface area contributed by atoms with Crippen molar-refractivity contribution in [2.45, 2.75) is 31.1 Å². The fourth-order valence-corrected chi connectivity index (χ4v) is 3.52. The molecule has 0 spiro atoms. The number of hydrogen-bond donors (Lipinski definition) is 1. The molecule has 16 heavy (non-hydrogen) atoms. The van der Waals surface area contributed by atoms with Crippen molar-refractivity contribution in [1.29, 1.82) is 0 Å². The Bertz CT molecular complexity index is 348. The summed E-state index contributed by atoms with van der Waals surface area (Å²) in [6.07, 6.45) is 1.60. The highest BCUT2D eigenvalue weighted by Gasteiger charge is 2.33. The molecule has 1 unspecified atom stereocenters. The number of thiocarbonyl (C=S) groups is 1. The van der Waals surface area contributed by atoms with E-state index in [9.17, 15) is 8.42 Å². The maximum Gasteiger partial charge on any atom is 0.223 e. The van der Waals surface area contributed by atoms with E-state index in [0.29, 0.717) is 13.1 Å². The third kappa shape index (κ3) is 2.91. The monoisotopic (exact) mass is 266 g/mol. The molecule has 0 radical (unpaired) electrons. The number of nitrogens with two attached hydrogens (primary N) is 1. The molecule has 0 saturated carbocycles. The van der Waals surface area contributed by atoms with Crippen molar-refractivity contribution >= 4 is 27.2 Å². The van der Waals surface area contributed by atoms with E-state index in [1.807, 2.05) is 0 Å².